The van der Waals surface area contributed by atoms with Crippen LogP contribution in [0.4, 0.5) is 0 Å². The van der Waals surface area contributed by atoms with Gasteiger partial charge in [-0.15, -0.1) is 0 Å². The van der Waals surface area contributed by atoms with Crippen molar-refractivity contribution in [2.75, 3.05) is 0 Å². The largest absolute Gasteiger partial charge is 0.508 e. The second-order valence-corrected chi connectivity index (χ2v) is 3.87. The average Bonchev–Trinajstić information content (AvgIpc) is 1.94. The monoisotopic (exact) mass is 229 g/mol. The van der Waals surface area contributed by atoms with Gasteiger partial charge in [0, 0.05) is 10.5 Å². The molecule has 3 heteroatoms. The van der Waals surface area contributed by atoms with Crippen LogP contribution in [0.5, 0.6) is 5.75 Å². The van der Waals surface area contributed by atoms with Crippen LogP contribution in [0.15, 0.2) is 22.7 Å². The fraction of sp³-hybridized carbons (Fsp3) is 0.333. The van der Waals surface area contributed by atoms with Gasteiger partial charge < -0.3 is 10.8 Å². The Kier molecular flexibility index (Phi) is 3.12. The van der Waals surface area contributed by atoms with Gasteiger partial charge in [-0.25, -0.2) is 0 Å². The Morgan fingerprint density at radius 1 is 1.58 bits per heavy atom. The molecule has 1 rings (SSSR count). The molecule has 0 bridgehead atoms. The Balaban J connectivity index is 2.86. The molecule has 0 aliphatic rings. The van der Waals surface area contributed by atoms with Crippen molar-refractivity contribution in [3.8, 4) is 5.75 Å². The van der Waals surface area contributed by atoms with Gasteiger partial charge in [-0.3, -0.25) is 0 Å². The fourth-order valence-corrected chi connectivity index (χ4v) is 1.41. The third-order valence-electron chi connectivity index (χ3n) is 1.59. The minimum Gasteiger partial charge on any atom is -0.508 e. The molecule has 1 aromatic carbocycles. The Morgan fingerprint density at radius 2 is 2.25 bits per heavy atom. The smallest absolute Gasteiger partial charge is 0.119 e. The van der Waals surface area contributed by atoms with Crippen molar-refractivity contribution in [3.63, 3.8) is 0 Å². The molecule has 0 saturated heterocycles. The summed E-state index contributed by atoms with van der Waals surface area (Å²) in [6.45, 7) is 1.92. The molecule has 0 radical (unpaired) electrons. The Bertz CT molecular complexity index is 273. The Labute approximate surface area is 80.5 Å². The van der Waals surface area contributed by atoms with E-state index in [1.807, 2.05) is 19.1 Å². The lowest BCUT2D eigenvalue weighted by Crippen LogP contribution is -2.17. The number of rotatable bonds is 2. The van der Waals surface area contributed by atoms with Crippen LogP contribution in [0.3, 0.4) is 0 Å². The van der Waals surface area contributed by atoms with Crippen molar-refractivity contribution in [1.82, 2.24) is 0 Å². The van der Waals surface area contributed by atoms with E-state index < -0.39 is 0 Å². The van der Waals surface area contributed by atoms with E-state index in [4.69, 9.17) is 5.73 Å². The van der Waals surface area contributed by atoms with Gasteiger partial charge in [-0.2, -0.15) is 0 Å². The van der Waals surface area contributed by atoms with Crippen LogP contribution in [0, 0.1) is 0 Å². The van der Waals surface area contributed by atoms with E-state index >= 15 is 0 Å². The second-order valence-electron chi connectivity index (χ2n) is 2.95. The van der Waals surface area contributed by atoms with Gasteiger partial charge in [-0.05, 0) is 31.0 Å². The standard InChI is InChI=1S/C9H12BrNO/c1-6(11)4-7-2-3-8(10)5-9(7)12/h2-3,5-6,12H,4,11H2,1H3. The summed E-state index contributed by atoms with van der Waals surface area (Å²) in [5.74, 6) is 0.307. The second kappa shape index (κ2) is 3.92. The highest BCUT2D eigenvalue weighted by Crippen LogP contribution is 2.22. The van der Waals surface area contributed by atoms with Crippen molar-refractivity contribution in [1.29, 1.82) is 0 Å². The Hall–Kier alpha value is -0.540. The van der Waals surface area contributed by atoms with Gasteiger partial charge in [-0.1, -0.05) is 22.0 Å². The number of nitrogens with two attached hydrogens (primary N) is 1. The van der Waals surface area contributed by atoms with Crippen LogP contribution in [0.25, 0.3) is 0 Å². The van der Waals surface area contributed by atoms with E-state index in [1.165, 1.54) is 0 Å². The number of aromatic hydroxyl groups is 1. The predicted molar refractivity (Wildman–Crippen MR) is 53.2 cm³/mol. The van der Waals surface area contributed by atoms with Crippen molar-refractivity contribution >= 4 is 15.9 Å². The summed E-state index contributed by atoms with van der Waals surface area (Å²) in [5.41, 5.74) is 6.51. The van der Waals surface area contributed by atoms with Gasteiger partial charge in [0.25, 0.3) is 0 Å². The van der Waals surface area contributed by atoms with E-state index in [1.54, 1.807) is 6.07 Å². The van der Waals surface area contributed by atoms with E-state index in [2.05, 4.69) is 15.9 Å². The summed E-state index contributed by atoms with van der Waals surface area (Å²) < 4.78 is 0.883. The molecule has 3 N–H and O–H groups in total. The maximum atomic E-state index is 9.45. The van der Waals surface area contributed by atoms with Crippen molar-refractivity contribution in [2.45, 2.75) is 19.4 Å². The Morgan fingerprint density at radius 3 is 2.75 bits per heavy atom. The summed E-state index contributed by atoms with van der Waals surface area (Å²) in [6, 6.07) is 5.54. The maximum absolute atomic E-state index is 9.45. The molecule has 1 atom stereocenters. The maximum Gasteiger partial charge on any atom is 0.119 e. The lowest BCUT2D eigenvalue weighted by molar-refractivity contribution is 0.465. The molecule has 66 valence electrons. The zero-order valence-electron chi connectivity index (χ0n) is 6.92. The van der Waals surface area contributed by atoms with Gasteiger partial charge >= 0.3 is 0 Å². The van der Waals surface area contributed by atoms with Crippen molar-refractivity contribution < 1.29 is 5.11 Å². The molecule has 0 aliphatic heterocycles. The van der Waals surface area contributed by atoms with Crippen LogP contribution in [0.2, 0.25) is 0 Å². The van der Waals surface area contributed by atoms with E-state index in [0.717, 1.165) is 10.0 Å². The summed E-state index contributed by atoms with van der Waals surface area (Å²) in [7, 11) is 0. The van der Waals surface area contributed by atoms with Gasteiger partial charge in [0.2, 0.25) is 0 Å². The van der Waals surface area contributed by atoms with Crippen LogP contribution >= 0.6 is 15.9 Å². The normalized spacial score (nSPS) is 12.9. The first-order chi connectivity index (χ1) is 5.59. The molecule has 0 fully saturated rings. The molecule has 0 amide bonds. The third kappa shape index (κ3) is 2.50. The minimum atomic E-state index is 0.0806. The van der Waals surface area contributed by atoms with Gasteiger partial charge in [0.05, 0.1) is 0 Å². The van der Waals surface area contributed by atoms with Crippen LogP contribution in [-0.4, -0.2) is 11.1 Å². The zero-order chi connectivity index (χ0) is 9.14. The van der Waals surface area contributed by atoms with Crippen molar-refractivity contribution in [2.24, 2.45) is 5.73 Å². The van der Waals surface area contributed by atoms with E-state index in [-0.39, 0.29) is 6.04 Å². The molecule has 1 unspecified atom stereocenters. The first kappa shape index (κ1) is 9.55. The first-order valence-electron chi connectivity index (χ1n) is 3.82. The molecule has 0 spiro atoms. The average molecular weight is 230 g/mol. The summed E-state index contributed by atoms with van der Waals surface area (Å²) in [4.78, 5) is 0. The third-order valence-corrected chi connectivity index (χ3v) is 2.08. The van der Waals surface area contributed by atoms with Crippen molar-refractivity contribution in [3.05, 3.63) is 28.2 Å². The molecular weight excluding hydrogens is 218 g/mol. The minimum absolute atomic E-state index is 0.0806. The molecule has 0 aromatic heterocycles. The highest BCUT2D eigenvalue weighted by molar-refractivity contribution is 9.10. The highest BCUT2D eigenvalue weighted by Gasteiger charge is 2.03. The SMILES string of the molecule is CC(N)Cc1ccc(Br)cc1O. The van der Waals surface area contributed by atoms with Crippen LogP contribution < -0.4 is 5.73 Å². The molecule has 0 aliphatic carbocycles. The fourth-order valence-electron chi connectivity index (χ4n) is 1.06. The molecule has 12 heavy (non-hydrogen) atoms. The molecule has 0 heterocycles. The number of hydrogen-bond acceptors (Lipinski definition) is 2. The van der Waals surface area contributed by atoms with Gasteiger partial charge in [0.1, 0.15) is 5.75 Å². The lowest BCUT2D eigenvalue weighted by atomic mass is 10.1. The molecule has 1 aromatic rings. The number of phenolic OH excluding ortho intramolecular Hbond substituents is 1. The quantitative estimate of drug-likeness (QED) is 0.816. The lowest BCUT2D eigenvalue weighted by Gasteiger charge is -2.07. The van der Waals surface area contributed by atoms with E-state index in [9.17, 15) is 5.11 Å². The first-order valence-corrected chi connectivity index (χ1v) is 4.62. The van der Waals surface area contributed by atoms with Crippen LogP contribution in [-0.2, 0) is 6.42 Å². The number of halogens is 1. The van der Waals surface area contributed by atoms with Gasteiger partial charge in [0.15, 0.2) is 0 Å². The molecule has 2 nitrogen and oxygen atoms in total. The number of phenols is 1. The summed E-state index contributed by atoms with van der Waals surface area (Å²) in [5, 5.41) is 9.45. The van der Waals surface area contributed by atoms with Crippen LogP contribution in [0.1, 0.15) is 12.5 Å². The number of benzene rings is 1. The molecular formula is C9H12BrNO. The zero-order valence-corrected chi connectivity index (χ0v) is 8.51. The predicted octanol–water partition coefficient (Wildman–Crippen LogP) is 2.04. The number of hydrogen-bond donors (Lipinski definition) is 2. The summed E-state index contributed by atoms with van der Waals surface area (Å²) >= 11 is 3.27. The van der Waals surface area contributed by atoms with E-state index in [0.29, 0.717) is 12.2 Å². The molecule has 0 saturated carbocycles. The topological polar surface area (TPSA) is 46.2 Å². The highest BCUT2D eigenvalue weighted by atomic mass is 79.9. The summed E-state index contributed by atoms with van der Waals surface area (Å²) in [6.07, 6.45) is 0.707.